The van der Waals surface area contributed by atoms with E-state index in [0.29, 0.717) is 0 Å². The van der Waals surface area contributed by atoms with Crippen molar-refractivity contribution in [1.29, 1.82) is 0 Å². The molecular weight excluding hydrogens is 246 g/mol. The van der Waals surface area contributed by atoms with Gasteiger partial charge in [-0.3, -0.25) is 0 Å². The molecule has 0 aliphatic heterocycles. The maximum atomic E-state index is 5.10. The van der Waals surface area contributed by atoms with E-state index in [4.69, 9.17) is 4.42 Å². The highest BCUT2D eigenvalue weighted by Gasteiger charge is 1.97. The van der Waals surface area contributed by atoms with Gasteiger partial charge in [0.25, 0.3) is 0 Å². The molecule has 20 heavy (non-hydrogen) atoms. The molecule has 1 aromatic rings. The van der Waals surface area contributed by atoms with Crippen LogP contribution < -0.4 is 0 Å². The molecule has 2 heteroatoms. The molecule has 0 amide bonds. The first-order valence-corrected chi connectivity index (χ1v) is 7.38. The molecule has 0 atom stereocenters. The molecule has 0 bridgehead atoms. The second-order valence-electron chi connectivity index (χ2n) is 3.82. The summed E-state index contributed by atoms with van der Waals surface area (Å²) in [7, 11) is 0. The summed E-state index contributed by atoms with van der Waals surface area (Å²) in [5, 5.41) is 0. The zero-order valence-corrected chi connectivity index (χ0v) is 14.9. The highest BCUT2D eigenvalue weighted by Crippen LogP contribution is 2.05. The van der Waals surface area contributed by atoms with Crippen LogP contribution in [-0.4, -0.2) is 4.98 Å². The Morgan fingerprint density at radius 3 is 1.65 bits per heavy atom. The number of aromatic nitrogens is 1. The number of hydrogen-bond donors (Lipinski definition) is 0. The molecule has 0 unspecified atom stereocenters. The van der Waals surface area contributed by atoms with Crippen LogP contribution in [0.5, 0.6) is 0 Å². The van der Waals surface area contributed by atoms with Gasteiger partial charge in [0.15, 0.2) is 5.89 Å². The van der Waals surface area contributed by atoms with Crippen molar-refractivity contribution in [2.24, 2.45) is 0 Å². The lowest BCUT2D eigenvalue weighted by molar-refractivity contribution is 0.493. The van der Waals surface area contributed by atoms with E-state index in [-0.39, 0.29) is 0 Å². The molecule has 1 heterocycles. The van der Waals surface area contributed by atoms with Gasteiger partial charge in [-0.1, -0.05) is 39.3 Å². The van der Waals surface area contributed by atoms with Crippen LogP contribution in [0.25, 0.3) is 0 Å². The summed E-state index contributed by atoms with van der Waals surface area (Å²) in [6.07, 6.45) is 9.22. The lowest BCUT2D eigenvalue weighted by Gasteiger charge is -1.93. The minimum Gasteiger partial charge on any atom is -0.446 e. The van der Waals surface area contributed by atoms with Crippen LogP contribution in [0.1, 0.15) is 71.7 Å². The minimum atomic E-state index is 0.750. The van der Waals surface area contributed by atoms with E-state index in [1.54, 1.807) is 12.5 Å². The van der Waals surface area contributed by atoms with Crippen LogP contribution in [0, 0.1) is 33.1 Å². The molecule has 0 radical (unpaired) electrons. The van der Waals surface area contributed by atoms with E-state index < -0.39 is 0 Å². The molecule has 0 aliphatic carbocycles. The molecule has 0 saturated heterocycles. The molecule has 0 fully saturated rings. The number of aryl methyl sites for hydroxylation is 3. The Morgan fingerprint density at radius 1 is 1.20 bits per heavy atom. The van der Waals surface area contributed by atoms with Crippen molar-refractivity contribution in [3.8, 4) is 12.3 Å². The van der Waals surface area contributed by atoms with Gasteiger partial charge in [0, 0.05) is 6.92 Å². The van der Waals surface area contributed by atoms with Gasteiger partial charge in [-0.15, -0.1) is 12.3 Å². The van der Waals surface area contributed by atoms with E-state index in [0.717, 1.165) is 17.3 Å². The van der Waals surface area contributed by atoms with Crippen molar-refractivity contribution >= 4 is 0 Å². The highest BCUT2D eigenvalue weighted by molar-refractivity contribution is 5.03. The monoisotopic (exact) mass is 279 g/mol. The minimum absolute atomic E-state index is 0.750. The van der Waals surface area contributed by atoms with Crippen molar-refractivity contribution in [1.82, 2.24) is 4.98 Å². The largest absolute Gasteiger partial charge is 0.446 e. The number of rotatable bonds is 2. The van der Waals surface area contributed by atoms with Gasteiger partial charge < -0.3 is 4.42 Å². The Hall–Kier alpha value is -1.49. The maximum Gasteiger partial charge on any atom is 0.191 e. The van der Waals surface area contributed by atoms with Crippen LogP contribution in [0.2, 0.25) is 0 Å². The summed E-state index contributed by atoms with van der Waals surface area (Å²) in [6.45, 7) is 17.8. The predicted octanol–water partition coefficient (Wildman–Crippen LogP) is 6.02. The molecule has 0 aliphatic rings. The fourth-order valence-corrected chi connectivity index (χ4v) is 1.29. The fraction of sp³-hybridized carbons (Fsp3) is 0.611. The van der Waals surface area contributed by atoms with Crippen molar-refractivity contribution in [2.75, 3.05) is 0 Å². The second-order valence-corrected chi connectivity index (χ2v) is 3.82. The molecule has 0 spiro atoms. The summed E-state index contributed by atoms with van der Waals surface area (Å²) in [6, 6.07) is 0. The standard InChI is InChI=1S/C7H14.C6H9NO.C3H4.C2H6/c1-4-7(5-2)6-3;1-4-5(2)8-6(3)7-4;1-3-2;1-2/h4H,5-6H2,1-3H3;1-3H3;1H,2H3;1-2H3. The second kappa shape index (κ2) is 17.5. The van der Waals surface area contributed by atoms with Gasteiger partial charge in [0.2, 0.25) is 0 Å². The Kier molecular flexibility index (Phi) is 20.7. The van der Waals surface area contributed by atoms with Crippen molar-refractivity contribution < 1.29 is 4.42 Å². The van der Waals surface area contributed by atoms with Crippen molar-refractivity contribution in [3.63, 3.8) is 0 Å². The van der Waals surface area contributed by atoms with Gasteiger partial charge in [0.05, 0.1) is 5.69 Å². The summed E-state index contributed by atoms with van der Waals surface area (Å²) in [5.74, 6) is 3.92. The number of nitrogens with zero attached hydrogens (tertiary/aromatic N) is 1. The van der Waals surface area contributed by atoms with E-state index in [1.165, 1.54) is 12.8 Å². The Morgan fingerprint density at radius 2 is 1.60 bits per heavy atom. The third-order valence-corrected chi connectivity index (χ3v) is 2.45. The maximum absolute atomic E-state index is 5.10. The number of terminal acetylenes is 1. The summed E-state index contributed by atoms with van der Waals surface area (Å²) < 4.78 is 5.10. The third kappa shape index (κ3) is 14.6. The zero-order valence-electron chi connectivity index (χ0n) is 14.9. The quantitative estimate of drug-likeness (QED) is 0.489. The smallest absolute Gasteiger partial charge is 0.191 e. The average Bonchev–Trinajstić information content (AvgIpc) is 2.72. The van der Waals surface area contributed by atoms with Gasteiger partial charge in [-0.05, 0) is 40.5 Å². The lowest BCUT2D eigenvalue weighted by Crippen LogP contribution is -1.72. The van der Waals surface area contributed by atoms with Crippen molar-refractivity contribution in [2.45, 2.75) is 75.2 Å². The molecule has 116 valence electrons. The van der Waals surface area contributed by atoms with Crippen LogP contribution in [0.3, 0.4) is 0 Å². The van der Waals surface area contributed by atoms with E-state index >= 15 is 0 Å². The number of hydrogen-bond acceptors (Lipinski definition) is 2. The van der Waals surface area contributed by atoms with Gasteiger partial charge >= 0.3 is 0 Å². The van der Waals surface area contributed by atoms with E-state index in [9.17, 15) is 0 Å². The first-order chi connectivity index (χ1) is 9.46. The zero-order chi connectivity index (χ0) is 16.6. The highest BCUT2D eigenvalue weighted by atomic mass is 16.4. The Bertz CT molecular complexity index is 355. The molecule has 1 aromatic heterocycles. The van der Waals surface area contributed by atoms with Crippen LogP contribution in [0.4, 0.5) is 0 Å². The normalized spacial score (nSPS) is 7.60. The van der Waals surface area contributed by atoms with E-state index in [1.807, 2.05) is 34.6 Å². The molecular formula is C18H33NO. The lowest BCUT2D eigenvalue weighted by atomic mass is 10.1. The molecule has 0 saturated carbocycles. The van der Waals surface area contributed by atoms with Crippen LogP contribution in [-0.2, 0) is 0 Å². The number of allylic oxidation sites excluding steroid dienone is 2. The van der Waals surface area contributed by atoms with Gasteiger partial charge in [-0.25, -0.2) is 4.98 Å². The summed E-state index contributed by atoms with van der Waals surface area (Å²) in [5.41, 5.74) is 2.54. The number of oxazole rings is 1. The SMILES string of the molecule is C#CC.CC.CC=C(CC)CC.Cc1nc(C)c(C)o1. The first-order valence-electron chi connectivity index (χ1n) is 7.38. The first kappa shape index (κ1) is 23.6. The fourth-order valence-electron chi connectivity index (χ4n) is 1.29. The summed E-state index contributed by atoms with van der Waals surface area (Å²) >= 11 is 0. The topological polar surface area (TPSA) is 26.0 Å². The van der Waals surface area contributed by atoms with E-state index in [2.05, 4.69) is 44.2 Å². The molecule has 1 rings (SSSR count). The Labute approximate surface area is 126 Å². The molecule has 0 aromatic carbocycles. The third-order valence-electron chi connectivity index (χ3n) is 2.45. The van der Waals surface area contributed by atoms with Crippen molar-refractivity contribution in [3.05, 3.63) is 29.0 Å². The predicted molar refractivity (Wildman–Crippen MR) is 90.9 cm³/mol. The van der Waals surface area contributed by atoms with Crippen LogP contribution >= 0.6 is 0 Å². The van der Waals surface area contributed by atoms with Crippen LogP contribution in [0.15, 0.2) is 16.1 Å². The molecule has 0 N–H and O–H groups in total. The molecule has 2 nitrogen and oxygen atoms in total. The average molecular weight is 279 g/mol. The summed E-state index contributed by atoms with van der Waals surface area (Å²) in [4.78, 5) is 4.04. The van der Waals surface area contributed by atoms with Gasteiger partial charge in [-0.2, -0.15) is 0 Å². The Balaban J connectivity index is -0.000000221. The van der Waals surface area contributed by atoms with Gasteiger partial charge in [0.1, 0.15) is 5.76 Å².